The Morgan fingerprint density at radius 3 is 2.22 bits per heavy atom. The van der Waals surface area contributed by atoms with E-state index in [1.807, 2.05) is 29.2 Å². The Morgan fingerprint density at radius 2 is 1.67 bits per heavy atom. The first-order chi connectivity index (χ1) is 12.7. The van der Waals surface area contributed by atoms with E-state index in [9.17, 15) is 9.59 Å². The van der Waals surface area contributed by atoms with Crippen LogP contribution in [0, 0.1) is 5.41 Å². The third-order valence-electron chi connectivity index (χ3n) is 4.66. The van der Waals surface area contributed by atoms with Crippen molar-refractivity contribution >= 4 is 11.8 Å². The maximum absolute atomic E-state index is 12.7. The van der Waals surface area contributed by atoms with Gasteiger partial charge in [-0.15, -0.1) is 0 Å². The summed E-state index contributed by atoms with van der Waals surface area (Å²) in [6.07, 6.45) is 0. The zero-order valence-corrected chi connectivity index (χ0v) is 17.2. The number of hydrogen-bond donors (Lipinski definition) is 2. The number of nitrogens with one attached hydrogen (secondary N) is 2. The predicted molar refractivity (Wildman–Crippen MR) is 109 cm³/mol. The third-order valence-corrected chi connectivity index (χ3v) is 4.66. The molecule has 2 amide bonds. The van der Waals surface area contributed by atoms with Gasteiger partial charge in [-0.25, -0.2) is 0 Å². The van der Waals surface area contributed by atoms with E-state index in [1.54, 1.807) is 0 Å². The Hall–Kier alpha value is -1.92. The standard InChI is InChI=1S/C21H34N4O2/c1-17(26)23-15-18-5-7-19(8-6-18)20(27)25-13-11-24(12-14-25)10-9-22-16-21(2,3)4/h5-8,22H,9-16H2,1-4H3,(H,23,26). The molecular formula is C21H34N4O2. The lowest BCUT2D eigenvalue weighted by atomic mass is 9.97. The summed E-state index contributed by atoms with van der Waals surface area (Å²) >= 11 is 0. The monoisotopic (exact) mass is 374 g/mol. The molecule has 0 saturated carbocycles. The minimum atomic E-state index is -0.0540. The molecule has 1 heterocycles. The molecule has 6 nitrogen and oxygen atoms in total. The second-order valence-corrected chi connectivity index (χ2v) is 8.48. The number of carbonyl (C=O) groups excluding carboxylic acids is 2. The van der Waals surface area contributed by atoms with Crippen molar-refractivity contribution < 1.29 is 9.59 Å². The van der Waals surface area contributed by atoms with Gasteiger partial charge in [-0.2, -0.15) is 0 Å². The quantitative estimate of drug-likeness (QED) is 0.714. The van der Waals surface area contributed by atoms with Crippen molar-refractivity contribution in [1.29, 1.82) is 0 Å². The van der Waals surface area contributed by atoms with Gasteiger partial charge in [0.2, 0.25) is 5.91 Å². The second-order valence-electron chi connectivity index (χ2n) is 8.48. The van der Waals surface area contributed by atoms with Crippen molar-refractivity contribution in [1.82, 2.24) is 20.4 Å². The van der Waals surface area contributed by atoms with Crippen LogP contribution in [0.5, 0.6) is 0 Å². The van der Waals surface area contributed by atoms with Crippen molar-refractivity contribution in [2.75, 3.05) is 45.8 Å². The predicted octanol–water partition coefficient (Wildman–Crippen LogP) is 1.72. The van der Waals surface area contributed by atoms with E-state index in [1.165, 1.54) is 6.92 Å². The number of piperazine rings is 1. The van der Waals surface area contributed by atoms with Gasteiger partial charge < -0.3 is 15.5 Å². The summed E-state index contributed by atoms with van der Waals surface area (Å²) < 4.78 is 0. The molecule has 0 spiro atoms. The maximum Gasteiger partial charge on any atom is 0.253 e. The molecule has 1 aliphatic rings. The fourth-order valence-corrected chi connectivity index (χ4v) is 3.05. The Kier molecular flexibility index (Phi) is 7.80. The van der Waals surface area contributed by atoms with E-state index in [0.717, 1.165) is 51.4 Å². The highest BCUT2D eigenvalue weighted by Crippen LogP contribution is 2.11. The number of nitrogens with zero attached hydrogens (tertiary/aromatic N) is 2. The van der Waals surface area contributed by atoms with Gasteiger partial charge in [0.05, 0.1) is 0 Å². The van der Waals surface area contributed by atoms with Crippen LogP contribution in [0.3, 0.4) is 0 Å². The van der Waals surface area contributed by atoms with Crippen LogP contribution in [0.2, 0.25) is 0 Å². The minimum Gasteiger partial charge on any atom is -0.352 e. The first-order valence-electron chi connectivity index (χ1n) is 9.80. The maximum atomic E-state index is 12.7. The molecule has 1 aromatic rings. The highest BCUT2D eigenvalue weighted by atomic mass is 16.2. The summed E-state index contributed by atoms with van der Waals surface area (Å²) in [6, 6.07) is 7.51. The van der Waals surface area contributed by atoms with Gasteiger partial charge in [-0.1, -0.05) is 32.9 Å². The lowest BCUT2D eigenvalue weighted by Gasteiger charge is -2.35. The first-order valence-corrected chi connectivity index (χ1v) is 9.80. The highest BCUT2D eigenvalue weighted by Gasteiger charge is 2.22. The van der Waals surface area contributed by atoms with Crippen LogP contribution < -0.4 is 10.6 Å². The molecule has 1 fully saturated rings. The van der Waals surface area contributed by atoms with Gasteiger partial charge >= 0.3 is 0 Å². The second kappa shape index (κ2) is 9.85. The van der Waals surface area contributed by atoms with Crippen molar-refractivity contribution in [3.8, 4) is 0 Å². The Balaban J connectivity index is 1.73. The third kappa shape index (κ3) is 7.69. The number of benzene rings is 1. The van der Waals surface area contributed by atoms with Gasteiger partial charge in [0.15, 0.2) is 0 Å². The summed E-state index contributed by atoms with van der Waals surface area (Å²) in [4.78, 5) is 28.0. The molecular weight excluding hydrogens is 340 g/mol. The molecule has 1 saturated heterocycles. The molecule has 6 heteroatoms. The fraction of sp³-hybridized carbons (Fsp3) is 0.619. The van der Waals surface area contributed by atoms with Gasteiger partial charge in [0.25, 0.3) is 5.91 Å². The molecule has 1 aliphatic heterocycles. The molecule has 27 heavy (non-hydrogen) atoms. The lowest BCUT2D eigenvalue weighted by molar-refractivity contribution is -0.119. The summed E-state index contributed by atoms with van der Waals surface area (Å²) in [7, 11) is 0. The normalized spacial score (nSPS) is 15.6. The van der Waals surface area contributed by atoms with Crippen LogP contribution in [-0.4, -0.2) is 67.4 Å². The zero-order valence-electron chi connectivity index (χ0n) is 17.2. The van der Waals surface area contributed by atoms with Crippen LogP contribution in [0.1, 0.15) is 43.6 Å². The molecule has 150 valence electrons. The van der Waals surface area contributed by atoms with Crippen LogP contribution >= 0.6 is 0 Å². The average Bonchev–Trinajstić information content (AvgIpc) is 2.63. The van der Waals surface area contributed by atoms with E-state index in [4.69, 9.17) is 0 Å². The molecule has 0 unspecified atom stereocenters. The molecule has 0 aliphatic carbocycles. The van der Waals surface area contributed by atoms with Gasteiger partial charge in [0.1, 0.15) is 0 Å². The first kappa shape index (κ1) is 21.4. The molecule has 0 aromatic heterocycles. The number of amides is 2. The van der Waals surface area contributed by atoms with Crippen molar-refractivity contribution in [2.24, 2.45) is 5.41 Å². The molecule has 1 aromatic carbocycles. The van der Waals surface area contributed by atoms with Crippen LogP contribution in [0.4, 0.5) is 0 Å². The molecule has 0 radical (unpaired) electrons. The summed E-state index contributed by atoms with van der Waals surface area (Å²) in [5.74, 6) is 0.0354. The lowest BCUT2D eigenvalue weighted by Crippen LogP contribution is -2.50. The van der Waals surface area contributed by atoms with Crippen LogP contribution in [-0.2, 0) is 11.3 Å². The van der Waals surface area contributed by atoms with Crippen LogP contribution in [0.15, 0.2) is 24.3 Å². The largest absolute Gasteiger partial charge is 0.352 e. The van der Waals surface area contributed by atoms with Crippen molar-refractivity contribution in [3.63, 3.8) is 0 Å². The van der Waals surface area contributed by atoms with E-state index in [2.05, 4.69) is 36.3 Å². The summed E-state index contributed by atoms with van der Waals surface area (Å²) in [5, 5.41) is 6.27. The van der Waals surface area contributed by atoms with E-state index < -0.39 is 0 Å². The zero-order chi connectivity index (χ0) is 19.9. The smallest absolute Gasteiger partial charge is 0.253 e. The number of rotatable bonds is 7. The Morgan fingerprint density at radius 1 is 1.04 bits per heavy atom. The van der Waals surface area contributed by atoms with Gasteiger partial charge in [0, 0.05) is 64.8 Å². The van der Waals surface area contributed by atoms with E-state index >= 15 is 0 Å². The van der Waals surface area contributed by atoms with Crippen molar-refractivity contribution in [2.45, 2.75) is 34.2 Å². The molecule has 0 atom stereocenters. The summed E-state index contributed by atoms with van der Waals surface area (Å²) in [5.41, 5.74) is 2.01. The fourth-order valence-electron chi connectivity index (χ4n) is 3.05. The minimum absolute atomic E-state index is 0.0540. The summed E-state index contributed by atoms with van der Waals surface area (Å²) in [6.45, 7) is 15.1. The highest BCUT2D eigenvalue weighted by molar-refractivity contribution is 5.94. The number of hydrogen-bond acceptors (Lipinski definition) is 4. The Labute approximate surface area is 163 Å². The number of carbonyl (C=O) groups is 2. The van der Waals surface area contributed by atoms with E-state index in [0.29, 0.717) is 17.5 Å². The molecule has 2 N–H and O–H groups in total. The van der Waals surface area contributed by atoms with E-state index in [-0.39, 0.29) is 11.8 Å². The van der Waals surface area contributed by atoms with Gasteiger partial charge in [-0.05, 0) is 23.1 Å². The average molecular weight is 375 g/mol. The van der Waals surface area contributed by atoms with Gasteiger partial charge in [-0.3, -0.25) is 14.5 Å². The van der Waals surface area contributed by atoms with Crippen LogP contribution in [0.25, 0.3) is 0 Å². The Bertz CT molecular complexity index is 614. The molecule has 0 bridgehead atoms. The SMILES string of the molecule is CC(=O)NCc1ccc(C(=O)N2CCN(CCNCC(C)(C)C)CC2)cc1. The van der Waals surface area contributed by atoms with Crippen molar-refractivity contribution in [3.05, 3.63) is 35.4 Å². The molecule has 2 rings (SSSR count). The topological polar surface area (TPSA) is 64.7 Å².